The predicted octanol–water partition coefficient (Wildman–Crippen LogP) is 2.58. The minimum absolute atomic E-state index is 0.276. The van der Waals surface area contributed by atoms with E-state index in [1.54, 1.807) is 6.07 Å². The van der Waals surface area contributed by atoms with Crippen LogP contribution in [0, 0.1) is 5.92 Å². The van der Waals surface area contributed by atoms with E-state index in [9.17, 15) is 4.79 Å². The Balaban J connectivity index is 1.75. The molecule has 4 heteroatoms. The van der Waals surface area contributed by atoms with E-state index in [4.69, 9.17) is 9.15 Å². The molecule has 1 aromatic rings. The Bertz CT molecular complexity index is 302. The summed E-state index contributed by atoms with van der Waals surface area (Å²) in [5, 5.41) is 0. The third-order valence-electron chi connectivity index (χ3n) is 2.55. The number of carbonyl (C=O) groups is 1. The van der Waals surface area contributed by atoms with Crippen LogP contribution in [0.3, 0.4) is 0 Å². The summed E-state index contributed by atoms with van der Waals surface area (Å²) in [7, 11) is 0. The average Bonchev–Trinajstić information content (AvgIpc) is 2.81. The zero-order valence-electron chi connectivity index (χ0n) is 8.48. The van der Waals surface area contributed by atoms with Crippen LogP contribution in [-0.2, 0) is 4.74 Å². The first-order valence-corrected chi connectivity index (χ1v) is 6.29. The number of furan rings is 1. The molecule has 1 aromatic heterocycles. The zero-order chi connectivity index (χ0) is 10.5. The first-order chi connectivity index (χ1) is 7.36. The Morgan fingerprint density at radius 3 is 3.00 bits per heavy atom. The van der Waals surface area contributed by atoms with Gasteiger partial charge in [0.25, 0.3) is 0 Å². The summed E-state index contributed by atoms with van der Waals surface area (Å²) in [5.41, 5.74) is 0.500. The molecule has 0 unspecified atom stereocenters. The molecule has 0 aliphatic carbocycles. The molecule has 82 valence electrons. The van der Waals surface area contributed by atoms with Crippen molar-refractivity contribution in [2.45, 2.75) is 12.8 Å². The van der Waals surface area contributed by atoms with Gasteiger partial charge in [-0.1, -0.05) is 0 Å². The van der Waals surface area contributed by atoms with Crippen LogP contribution in [-0.4, -0.2) is 24.1 Å². The quantitative estimate of drug-likeness (QED) is 0.743. The van der Waals surface area contributed by atoms with Gasteiger partial charge >= 0.3 is 5.97 Å². The summed E-state index contributed by atoms with van der Waals surface area (Å²) in [4.78, 5) is 11.5. The van der Waals surface area contributed by atoms with Crippen molar-refractivity contribution in [3.8, 4) is 0 Å². The monoisotopic (exact) mass is 226 g/mol. The summed E-state index contributed by atoms with van der Waals surface area (Å²) in [5.74, 6) is 2.64. The Labute approximate surface area is 93.2 Å². The van der Waals surface area contributed by atoms with Crippen LogP contribution in [0.15, 0.2) is 23.0 Å². The number of esters is 1. The maximum atomic E-state index is 11.5. The molecule has 2 rings (SSSR count). The van der Waals surface area contributed by atoms with Gasteiger partial charge in [-0.15, -0.1) is 0 Å². The summed E-state index contributed by atoms with van der Waals surface area (Å²) < 4.78 is 10.0. The fourth-order valence-electron chi connectivity index (χ4n) is 1.57. The molecule has 1 aliphatic heterocycles. The zero-order valence-corrected chi connectivity index (χ0v) is 9.29. The van der Waals surface area contributed by atoms with E-state index < -0.39 is 0 Å². The number of carbonyl (C=O) groups excluding carboxylic acids is 1. The number of rotatable bonds is 3. The topological polar surface area (TPSA) is 39.4 Å². The van der Waals surface area contributed by atoms with Gasteiger partial charge in [0, 0.05) is 0 Å². The molecule has 15 heavy (non-hydrogen) atoms. The number of thioether (sulfide) groups is 1. The van der Waals surface area contributed by atoms with E-state index in [2.05, 4.69) is 0 Å². The Morgan fingerprint density at radius 2 is 2.33 bits per heavy atom. The molecule has 0 amide bonds. The van der Waals surface area contributed by atoms with E-state index in [0.29, 0.717) is 18.1 Å². The lowest BCUT2D eigenvalue weighted by atomic mass is 10.0. The molecule has 0 saturated carbocycles. The van der Waals surface area contributed by atoms with Crippen LogP contribution >= 0.6 is 11.8 Å². The van der Waals surface area contributed by atoms with E-state index in [1.807, 2.05) is 11.8 Å². The first-order valence-electron chi connectivity index (χ1n) is 5.13. The minimum Gasteiger partial charge on any atom is -0.472 e. The third-order valence-corrected chi connectivity index (χ3v) is 3.60. The lowest BCUT2D eigenvalue weighted by Gasteiger charge is -2.20. The molecule has 0 aromatic carbocycles. The Kier molecular flexibility index (Phi) is 3.72. The molecule has 1 saturated heterocycles. The van der Waals surface area contributed by atoms with Crippen LogP contribution in [0.2, 0.25) is 0 Å². The average molecular weight is 226 g/mol. The van der Waals surface area contributed by atoms with Gasteiger partial charge in [-0.3, -0.25) is 0 Å². The highest BCUT2D eigenvalue weighted by Gasteiger charge is 2.16. The van der Waals surface area contributed by atoms with Crippen molar-refractivity contribution in [1.29, 1.82) is 0 Å². The molecule has 2 heterocycles. The van der Waals surface area contributed by atoms with E-state index in [0.717, 1.165) is 12.8 Å². The van der Waals surface area contributed by atoms with E-state index in [-0.39, 0.29) is 5.97 Å². The summed E-state index contributed by atoms with van der Waals surface area (Å²) in [6.45, 7) is 0.546. The number of hydrogen-bond acceptors (Lipinski definition) is 4. The smallest absolute Gasteiger partial charge is 0.341 e. The van der Waals surface area contributed by atoms with E-state index >= 15 is 0 Å². The third kappa shape index (κ3) is 3.02. The molecule has 1 fully saturated rings. The van der Waals surface area contributed by atoms with Crippen molar-refractivity contribution in [3.05, 3.63) is 24.2 Å². The largest absolute Gasteiger partial charge is 0.472 e. The van der Waals surface area contributed by atoms with Crippen molar-refractivity contribution < 1.29 is 13.9 Å². The van der Waals surface area contributed by atoms with Crippen molar-refractivity contribution in [3.63, 3.8) is 0 Å². The van der Waals surface area contributed by atoms with Crippen LogP contribution in [0.1, 0.15) is 23.2 Å². The van der Waals surface area contributed by atoms with Gasteiger partial charge < -0.3 is 9.15 Å². The fourth-order valence-corrected chi connectivity index (χ4v) is 2.77. The van der Waals surface area contributed by atoms with Gasteiger partial charge in [0.15, 0.2) is 0 Å². The van der Waals surface area contributed by atoms with Crippen LogP contribution in [0.5, 0.6) is 0 Å². The van der Waals surface area contributed by atoms with Crippen molar-refractivity contribution in [2.24, 2.45) is 5.92 Å². The lowest BCUT2D eigenvalue weighted by Crippen LogP contribution is -2.18. The highest BCUT2D eigenvalue weighted by molar-refractivity contribution is 7.99. The van der Waals surface area contributed by atoms with Crippen LogP contribution < -0.4 is 0 Å². The van der Waals surface area contributed by atoms with Gasteiger partial charge in [-0.25, -0.2) is 4.79 Å². The molecule has 0 bridgehead atoms. The molecule has 1 aliphatic rings. The standard InChI is InChI=1S/C11H14O3S/c12-11(10-1-4-13-8-10)14-7-9-2-5-15-6-3-9/h1,4,8-9H,2-3,5-7H2. The highest BCUT2D eigenvalue weighted by Crippen LogP contribution is 2.23. The number of hydrogen-bond donors (Lipinski definition) is 0. The molecular weight excluding hydrogens is 212 g/mol. The maximum absolute atomic E-state index is 11.5. The second-order valence-electron chi connectivity index (χ2n) is 3.67. The lowest BCUT2D eigenvalue weighted by molar-refractivity contribution is 0.0432. The van der Waals surface area contributed by atoms with Gasteiger partial charge in [0.05, 0.1) is 18.4 Å². The fraction of sp³-hybridized carbons (Fsp3) is 0.545. The van der Waals surface area contributed by atoms with Gasteiger partial charge in [0.1, 0.15) is 6.26 Å². The van der Waals surface area contributed by atoms with Crippen LogP contribution in [0.25, 0.3) is 0 Å². The van der Waals surface area contributed by atoms with Crippen molar-refractivity contribution in [1.82, 2.24) is 0 Å². The molecule has 3 nitrogen and oxygen atoms in total. The van der Waals surface area contributed by atoms with Gasteiger partial charge in [-0.05, 0) is 36.3 Å². The molecule has 0 spiro atoms. The SMILES string of the molecule is O=C(OCC1CCSCC1)c1ccoc1. The first kappa shape index (κ1) is 10.6. The normalized spacial score (nSPS) is 17.6. The molecule has 0 atom stereocenters. The molecular formula is C11H14O3S. The minimum atomic E-state index is -0.276. The number of ether oxygens (including phenoxy) is 1. The molecule has 0 N–H and O–H groups in total. The van der Waals surface area contributed by atoms with Crippen LogP contribution in [0.4, 0.5) is 0 Å². The van der Waals surface area contributed by atoms with Crippen molar-refractivity contribution in [2.75, 3.05) is 18.1 Å². The second kappa shape index (κ2) is 5.26. The second-order valence-corrected chi connectivity index (χ2v) is 4.89. The predicted molar refractivity (Wildman–Crippen MR) is 59.0 cm³/mol. The van der Waals surface area contributed by atoms with Gasteiger partial charge in [-0.2, -0.15) is 11.8 Å². The highest BCUT2D eigenvalue weighted by atomic mass is 32.2. The van der Waals surface area contributed by atoms with Gasteiger partial charge in [0.2, 0.25) is 0 Å². The summed E-state index contributed by atoms with van der Waals surface area (Å²) in [6.07, 6.45) is 5.21. The maximum Gasteiger partial charge on any atom is 0.341 e. The van der Waals surface area contributed by atoms with Crippen molar-refractivity contribution >= 4 is 17.7 Å². The molecule has 0 radical (unpaired) electrons. The Hall–Kier alpha value is -0.900. The summed E-state index contributed by atoms with van der Waals surface area (Å²) in [6, 6.07) is 1.62. The summed E-state index contributed by atoms with van der Waals surface area (Å²) >= 11 is 1.98. The Morgan fingerprint density at radius 1 is 1.53 bits per heavy atom. The van der Waals surface area contributed by atoms with E-state index in [1.165, 1.54) is 24.0 Å².